The highest BCUT2D eigenvalue weighted by Crippen LogP contribution is 2.56. The van der Waals surface area contributed by atoms with E-state index in [0.717, 1.165) is 12.0 Å². The number of rotatable bonds is 3. The van der Waals surface area contributed by atoms with E-state index in [1.54, 1.807) is 0 Å². The quantitative estimate of drug-likeness (QED) is 0.398. The Morgan fingerprint density at radius 1 is 0.643 bits per heavy atom. The lowest BCUT2D eigenvalue weighted by molar-refractivity contribution is 0.468. The van der Waals surface area contributed by atoms with Crippen molar-refractivity contribution in [1.82, 2.24) is 0 Å². The molecule has 0 saturated heterocycles. The van der Waals surface area contributed by atoms with Gasteiger partial charge in [-0.2, -0.15) is 0 Å². The Labute approximate surface area is 165 Å². The monoisotopic (exact) mass is 362 g/mol. The zero-order chi connectivity index (χ0) is 19.1. The summed E-state index contributed by atoms with van der Waals surface area (Å²) in [6, 6.07) is 34.3. The van der Waals surface area contributed by atoms with Gasteiger partial charge in [-0.15, -0.1) is 0 Å². The van der Waals surface area contributed by atoms with Crippen LogP contribution in [0.25, 0.3) is 11.1 Å². The maximum Gasteiger partial charge on any atom is 0.118 e. The highest BCUT2D eigenvalue weighted by atomic mass is 16.3. The summed E-state index contributed by atoms with van der Waals surface area (Å²) in [5.74, 6) is 0.369. The number of benzene rings is 4. The van der Waals surface area contributed by atoms with Crippen LogP contribution in [0.5, 0.6) is 5.75 Å². The first-order chi connectivity index (χ1) is 13.8. The lowest BCUT2D eigenvalue weighted by Gasteiger charge is -2.34. The van der Waals surface area contributed by atoms with E-state index in [9.17, 15) is 5.11 Å². The summed E-state index contributed by atoms with van der Waals surface area (Å²) in [5, 5.41) is 10.3. The van der Waals surface area contributed by atoms with E-state index in [-0.39, 0.29) is 5.41 Å². The minimum absolute atomic E-state index is 0.369. The van der Waals surface area contributed by atoms with Crippen LogP contribution in [-0.2, 0) is 11.8 Å². The summed E-state index contributed by atoms with van der Waals surface area (Å²) < 4.78 is 0. The van der Waals surface area contributed by atoms with Crippen LogP contribution in [0.15, 0.2) is 97.1 Å². The molecule has 0 aliphatic heterocycles. The summed E-state index contributed by atoms with van der Waals surface area (Å²) >= 11 is 0. The van der Waals surface area contributed by atoms with Crippen molar-refractivity contribution in [2.75, 3.05) is 0 Å². The van der Waals surface area contributed by atoms with Crippen molar-refractivity contribution in [3.05, 3.63) is 125 Å². The first kappa shape index (κ1) is 16.8. The molecule has 0 spiro atoms. The van der Waals surface area contributed by atoms with Crippen LogP contribution < -0.4 is 0 Å². The average molecular weight is 362 g/mol. The minimum Gasteiger partial charge on any atom is -0.508 e. The van der Waals surface area contributed by atoms with Crippen LogP contribution in [0.2, 0.25) is 0 Å². The van der Waals surface area contributed by atoms with Gasteiger partial charge in [0, 0.05) is 0 Å². The molecule has 0 heterocycles. The Balaban J connectivity index is 1.95. The van der Waals surface area contributed by atoms with Crippen molar-refractivity contribution in [1.29, 1.82) is 0 Å². The fourth-order valence-electron chi connectivity index (χ4n) is 4.81. The van der Waals surface area contributed by atoms with E-state index in [4.69, 9.17) is 0 Å². The van der Waals surface area contributed by atoms with Gasteiger partial charge in [0.15, 0.2) is 0 Å². The molecular weight excluding hydrogens is 340 g/mol. The molecule has 1 nitrogen and oxygen atoms in total. The summed E-state index contributed by atoms with van der Waals surface area (Å²) in [5.41, 5.74) is 8.22. The Morgan fingerprint density at radius 3 is 1.82 bits per heavy atom. The molecule has 0 amide bonds. The molecule has 0 bridgehead atoms. The highest BCUT2D eigenvalue weighted by Gasteiger charge is 2.45. The van der Waals surface area contributed by atoms with Crippen LogP contribution in [-0.4, -0.2) is 5.11 Å². The number of hydrogen-bond acceptors (Lipinski definition) is 1. The van der Waals surface area contributed by atoms with E-state index >= 15 is 0 Å². The topological polar surface area (TPSA) is 20.2 Å². The van der Waals surface area contributed by atoms with Crippen molar-refractivity contribution in [2.45, 2.75) is 18.8 Å². The third kappa shape index (κ3) is 2.20. The molecule has 1 aliphatic rings. The molecular formula is C27H22O. The van der Waals surface area contributed by atoms with Gasteiger partial charge in [0.2, 0.25) is 0 Å². The first-order valence-electron chi connectivity index (χ1n) is 9.84. The van der Waals surface area contributed by atoms with Crippen LogP contribution in [0.4, 0.5) is 0 Å². The van der Waals surface area contributed by atoms with Gasteiger partial charge < -0.3 is 5.11 Å². The molecule has 0 unspecified atom stereocenters. The number of fused-ring (bicyclic) bond motifs is 3. The van der Waals surface area contributed by atoms with Crippen molar-refractivity contribution < 1.29 is 5.11 Å². The Bertz CT molecular complexity index is 1110. The van der Waals surface area contributed by atoms with E-state index < -0.39 is 0 Å². The number of phenols is 1. The summed E-state index contributed by atoms with van der Waals surface area (Å²) in [6.07, 6.45) is 0.799. The second-order valence-corrected chi connectivity index (χ2v) is 7.40. The SMILES string of the molecule is CCc1cc(C2(c3ccccc3)c3ccccc3-c3ccccc32)ccc1O. The zero-order valence-corrected chi connectivity index (χ0v) is 15.9. The van der Waals surface area contributed by atoms with Gasteiger partial charge in [0.1, 0.15) is 5.75 Å². The highest BCUT2D eigenvalue weighted by molar-refractivity contribution is 5.86. The van der Waals surface area contributed by atoms with Crippen LogP contribution in [0.3, 0.4) is 0 Å². The summed E-state index contributed by atoms with van der Waals surface area (Å²) in [7, 11) is 0. The molecule has 5 rings (SSSR count). The van der Waals surface area contributed by atoms with Crippen molar-refractivity contribution in [2.24, 2.45) is 0 Å². The Kier molecular flexibility index (Phi) is 3.84. The second kappa shape index (κ2) is 6.38. The third-order valence-corrected chi connectivity index (χ3v) is 6.05. The van der Waals surface area contributed by atoms with Gasteiger partial charge in [-0.05, 0) is 51.4 Å². The zero-order valence-electron chi connectivity index (χ0n) is 15.9. The molecule has 0 aromatic heterocycles. The lowest BCUT2D eigenvalue weighted by Crippen LogP contribution is -2.28. The van der Waals surface area contributed by atoms with Crippen molar-refractivity contribution in [3.8, 4) is 16.9 Å². The molecule has 136 valence electrons. The molecule has 4 aromatic rings. The van der Waals surface area contributed by atoms with Crippen molar-refractivity contribution >= 4 is 0 Å². The fourth-order valence-corrected chi connectivity index (χ4v) is 4.81. The standard InChI is InChI=1S/C27H22O/c1-2-19-18-21(16-17-26(19)28)27(20-10-4-3-5-11-20)24-14-8-6-12-22(24)23-13-7-9-15-25(23)27/h3-18,28H,2H2,1H3. The van der Waals surface area contributed by atoms with Gasteiger partial charge in [0.05, 0.1) is 5.41 Å². The molecule has 0 radical (unpaired) electrons. The van der Waals surface area contributed by atoms with Crippen LogP contribution >= 0.6 is 0 Å². The lowest BCUT2D eigenvalue weighted by atomic mass is 9.67. The predicted octanol–water partition coefficient (Wildman–Crippen LogP) is 6.32. The first-order valence-corrected chi connectivity index (χ1v) is 9.84. The van der Waals surface area contributed by atoms with Crippen molar-refractivity contribution in [3.63, 3.8) is 0 Å². The Morgan fingerprint density at radius 2 is 1.21 bits per heavy atom. The average Bonchev–Trinajstić information content (AvgIpc) is 3.06. The van der Waals surface area contributed by atoms with Gasteiger partial charge in [-0.3, -0.25) is 0 Å². The molecule has 28 heavy (non-hydrogen) atoms. The van der Waals surface area contributed by atoms with Gasteiger partial charge in [0.25, 0.3) is 0 Å². The molecule has 1 N–H and O–H groups in total. The molecule has 0 atom stereocenters. The second-order valence-electron chi connectivity index (χ2n) is 7.40. The maximum absolute atomic E-state index is 10.3. The molecule has 1 aliphatic carbocycles. The minimum atomic E-state index is -0.383. The summed E-state index contributed by atoms with van der Waals surface area (Å²) in [6.45, 7) is 2.09. The van der Waals surface area contributed by atoms with E-state index in [1.165, 1.54) is 33.4 Å². The van der Waals surface area contributed by atoms with E-state index in [1.807, 2.05) is 6.07 Å². The largest absolute Gasteiger partial charge is 0.508 e. The third-order valence-electron chi connectivity index (χ3n) is 6.05. The smallest absolute Gasteiger partial charge is 0.118 e. The van der Waals surface area contributed by atoms with Gasteiger partial charge in [-0.1, -0.05) is 97.9 Å². The predicted molar refractivity (Wildman–Crippen MR) is 115 cm³/mol. The molecule has 1 heteroatoms. The van der Waals surface area contributed by atoms with Gasteiger partial charge in [-0.25, -0.2) is 0 Å². The Hall–Kier alpha value is -3.32. The van der Waals surface area contributed by atoms with Gasteiger partial charge >= 0.3 is 0 Å². The normalized spacial score (nSPS) is 13.8. The maximum atomic E-state index is 10.3. The fraction of sp³-hybridized carbons (Fsp3) is 0.111. The number of aromatic hydroxyl groups is 1. The molecule has 0 saturated carbocycles. The molecule has 4 aromatic carbocycles. The number of hydrogen-bond donors (Lipinski definition) is 1. The summed E-state index contributed by atoms with van der Waals surface area (Å²) in [4.78, 5) is 0. The van der Waals surface area contributed by atoms with Crippen LogP contribution in [0, 0.1) is 0 Å². The molecule has 0 fully saturated rings. The number of phenolic OH excluding ortho intramolecular Hbond substituents is 1. The van der Waals surface area contributed by atoms with E-state index in [2.05, 4.69) is 97.9 Å². The van der Waals surface area contributed by atoms with E-state index in [0.29, 0.717) is 5.75 Å². The van der Waals surface area contributed by atoms with Crippen LogP contribution in [0.1, 0.15) is 34.7 Å². The number of aryl methyl sites for hydroxylation is 1.